The van der Waals surface area contributed by atoms with Crippen molar-refractivity contribution in [2.24, 2.45) is 5.92 Å². The van der Waals surface area contributed by atoms with Gasteiger partial charge in [0.1, 0.15) is 17.5 Å². The number of aliphatic hydroxyl groups excluding tert-OH is 1. The number of sulfone groups is 1. The second kappa shape index (κ2) is 7.25. The summed E-state index contributed by atoms with van der Waals surface area (Å²) in [4.78, 5) is 4.61. The minimum absolute atomic E-state index is 0.00794. The first kappa shape index (κ1) is 19.0. The molecule has 1 saturated heterocycles. The number of imidazole rings is 1. The fraction of sp³-hybridized carbons (Fsp3) is 0.350. The van der Waals surface area contributed by atoms with E-state index in [9.17, 15) is 22.3 Å². The highest BCUT2D eigenvalue weighted by molar-refractivity contribution is 7.91. The van der Waals surface area contributed by atoms with Crippen LogP contribution in [-0.2, 0) is 22.8 Å². The molecule has 2 aromatic carbocycles. The van der Waals surface area contributed by atoms with Crippen molar-refractivity contribution < 1.29 is 22.3 Å². The second-order valence-corrected chi connectivity index (χ2v) is 9.51. The molecule has 1 fully saturated rings. The van der Waals surface area contributed by atoms with Crippen LogP contribution >= 0.6 is 0 Å². The van der Waals surface area contributed by atoms with Gasteiger partial charge in [0.2, 0.25) is 0 Å². The number of benzene rings is 2. The minimum atomic E-state index is -3.01. The average molecular weight is 406 g/mol. The maximum Gasteiger partial charge on any atom is 0.150 e. The van der Waals surface area contributed by atoms with Crippen molar-refractivity contribution in [1.82, 2.24) is 9.55 Å². The van der Waals surface area contributed by atoms with Gasteiger partial charge in [-0.05, 0) is 30.5 Å². The minimum Gasteiger partial charge on any atom is -0.386 e. The van der Waals surface area contributed by atoms with E-state index < -0.39 is 27.6 Å². The molecule has 2 unspecified atom stereocenters. The zero-order valence-electron chi connectivity index (χ0n) is 15.1. The summed E-state index contributed by atoms with van der Waals surface area (Å²) in [7, 11) is -3.01. The molecule has 0 spiro atoms. The lowest BCUT2D eigenvalue weighted by molar-refractivity contribution is 0.152. The van der Waals surface area contributed by atoms with E-state index >= 15 is 0 Å². The normalized spacial score (nSPS) is 19.9. The Morgan fingerprint density at radius 1 is 1.21 bits per heavy atom. The zero-order chi connectivity index (χ0) is 19.9. The Hall–Kier alpha value is -2.32. The Bertz CT molecular complexity index is 1130. The number of halogens is 2. The van der Waals surface area contributed by atoms with Crippen molar-refractivity contribution in [2.45, 2.75) is 25.5 Å². The molecule has 2 atom stereocenters. The highest BCUT2D eigenvalue weighted by atomic mass is 32.2. The van der Waals surface area contributed by atoms with E-state index in [2.05, 4.69) is 4.98 Å². The summed E-state index contributed by atoms with van der Waals surface area (Å²) in [6, 6.07) is 10.5. The molecular formula is C20H20F2N2O3S. The maximum absolute atomic E-state index is 14.1. The van der Waals surface area contributed by atoms with E-state index in [4.69, 9.17) is 0 Å². The molecule has 0 amide bonds. The van der Waals surface area contributed by atoms with Crippen LogP contribution in [0.4, 0.5) is 8.78 Å². The van der Waals surface area contributed by atoms with E-state index in [1.165, 1.54) is 6.07 Å². The Labute approximate surface area is 161 Å². The van der Waals surface area contributed by atoms with Gasteiger partial charge in [0.05, 0.1) is 35.2 Å². The molecule has 4 rings (SSSR count). The largest absolute Gasteiger partial charge is 0.386 e. The number of aromatic nitrogens is 2. The van der Waals surface area contributed by atoms with Crippen LogP contribution in [0, 0.1) is 17.6 Å². The quantitative estimate of drug-likeness (QED) is 0.707. The monoisotopic (exact) mass is 406 g/mol. The van der Waals surface area contributed by atoms with Crippen LogP contribution in [0.3, 0.4) is 0 Å². The number of rotatable bonds is 5. The molecule has 1 N–H and O–H groups in total. The molecule has 1 aliphatic heterocycles. The molecule has 8 heteroatoms. The average Bonchev–Trinajstić information content (AvgIpc) is 3.15. The van der Waals surface area contributed by atoms with Crippen molar-refractivity contribution in [2.75, 3.05) is 11.5 Å². The predicted octanol–water partition coefficient (Wildman–Crippen LogP) is 3.03. The van der Waals surface area contributed by atoms with Gasteiger partial charge in [-0.3, -0.25) is 0 Å². The van der Waals surface area contributed by atoms with Crippen molar-refractivity contribution in [1.29, 1.82) is 0 Å². The van der Waals surface area contributed by atoms with E-state index in [-0.39, 0.29) is 29.5 Å². The van der Waals surface area contributed by atoms with Crippen LogP contribution in [-0.4, -0.2) is 34.6 Å². The lowest BCUT2D eigenvalue weighted by Crippen LogP contribution is -2.16. The summed E-state index contributed by atoms with van der Waals surface area (Å²) < 4.78 is 52.6. The highest BCUT2D eigenvalue weighted by Crippen LogP contribution is 2.27. The van der Waals surface area contributed by atoms with Crippen LogP contribution in [0.25, 0.3) is 11.0 Å². The Kier molecular flexibility index (Phi) is 4.93. The van der Waals surface area contributed by atoms with Gasteiger partial charge in [-0.1, -0.05) is 18.2 Å². The summed E-state index contributed by atoms with van der Waals surface area (Å²) in [6.45, 7) is 0.0396. The molecule has 0 saturated carbocycles. The number of hydrogen-bond donors (Lipinski definition) is 1. The summed E-state index contributed by atoms with van der Waals surface area (Å²) in [5, 5.41) is 10.6. The van der Waals surface area contributed by atoms with Gasteiger partial charge >= 0.3 is 0 Å². The van der Waals surface area contributed by atoms with Gasteiger partial charge in [-0.25, -0.2) is 22.2 Å². The zero-order valence-corrected chi connectivity index (χ0v) is 15.9. The van der Waals surface area contributed by atoms with Gasteiger partial charge in [-0.2, -0.15) is 0 Å². The summed E-state index contributed by atoms with van der Waals surface area (Å²) >= 11 is 0. The van der Waals surface area contributed by atoms with E-state index in [0.29, 0.717) is 18.7 Å². The SMILES string of the molecule is O=S1(=O)CCC(Cc2nc3ccccc3n2CC(O)c2ccc(F)cc2F)C1. The fourth-order valence-electron chi connectivity index (χ4n) is 3.82. The Balaban J connectivity index is 1.67. The molecule has 2 heterocycles. The van der Waals surface area contributed by atoms with Crippen LogP contribution < -0.4 is 0 Å². The number of hydrogen-bond acceptors (Lipinski definition) is 4. The van der Waals surface area contributed by atoms with Gasteiger partial charge in [-0.15, -0.1) is 0 Å². The number of fused-ring (bicyclic) bond motifs is 1. The molecule has 148 valence electrons. The molecular weight excluding hydrogens is 386 g/mol. The van der Waals surface area contributed by atoms with E-state index in [0.717, 1.165) is 23.2 Å². The van der Waals surface area contributed by atoms with E-state index in [1.807, 2.05) is 24.3 Å². The van der Waals surface area contributed by atoms with Crippen LogP contribution in [0.15, 0.2) is 42.5 Å². The third kappa shape index (κ3) is 3.79. The lowest BCUT2D eigenvalue weighted by atomic mass is 10.0. The number of nitrogens with zero attached hydrogens (tertiary/aromatic N) is 2. The van der Waals surface area contributed by atoms with Crippen molar-refractivity contribution >= 4 is 20.9 Å². The summed E-state index contributed by atoms with van der Waals surface area (Å²) in [6.07, 6.45) is -0.142. The van der Waals surface area contributed by atoms with Gasteiger partial charge in [0.15, 0.2) is 9.84 Å². The van der Waals surface area contributed by atoms with E-state index in [1.54, 1.807) is 4.57 Å². The second-order valence-electron chi connectivity index (χ2n) is 7.28. The molecule has 0 bridgehead atoms. The topological polar surface area (TPSA) is 72.2 Å². The number of aliphatic hydroxyl groups is 1. The van der Waals surface area contributed by atoms with Crippen molar-refractivity contribution in [3.05, 3.63) is 65.5 Å². The third-order valence-electron chi connectivity index (χ3n) is 5.21. The summed E-state index contributed by atoms with van der Waals surface area (Å²) in [5.74, 6) is -0.567. The molecule has 5 nitrogen and oxygen atoms in total. The third-order valence-corrected chi connectivity index (χ3v) is 7.05. The smallest absolute Gasteiger partial charge is 0.150 e. The lowest BCUT2D eigenvalue weighted by Gasteiger charge is -2.17. The number of para-hydroxylation sites is 2. The van der Waals surface area contributed by atoms with Gasteiger partial charge < -0.3 is 9.67 Å². The van der Waals surface area contributed by atoms with Gasteiger partial charge in [0, 0.05) is 18.1 Å². The molecule has 1 aromatic heterocycles. The maximum atomic E-state index is 14.1. The molecule has 1 aliphatic rings. The molecule has 0 radical (unpaired) electrons. The van der Waals surface area contributed by atoms with Crippen molar-refractivity contribution in [3.8, 4) is 0 Å². The molecule has 28 heavy (non-hydrogen) atoms. The van der Waals surface area contributed by atoms with Crippen LogP contribution in [0.1, 0.15) is 23.9 Å². The van der Waals surface area contributed by atoms with Crippen molar-refractivity contribution in [3.63, 3.8) is 0 Å². The highest BCUT2D eigenvalue weighted by Gasteiger charge is 2.29. The molecule has 0 aliphatic carbocycles. The first-order valence-corrected chi connectivity index (χ1v) is 10.9. The van der Waals surface area contributed by atoms with Gasteiger partial charge in [0.25, 0.3) is 0 Å². The Morgan fingerprint density at radius 2 is 2.00 bits per heavy atom. The van der Waals surface area contributed by atoms with Crippen LogP contribution in [0.2, 0.25) is 0 Å². The van der Waals surface area contributed by atoms with Crippen LogP contribution in [0.5, 0.6) is 0 Å². The predicted molar refractivity (Wildman–Crippen MR) is 102 cm³/mol. The fourth-order valence-corrected chi connectivity index (χ4v) is 5.68. The first-order valence-electron chi connectivity index (χ1n) is 9.10. The standard InChI is InChI=1S/C20H20F2N2O3S/c21-14-5-6-15(16(22)10-14)19(25)11-24-18-4-2-1-3-17(18)23-20(24)9-13-7-8-28(26,27)12-13/h1-6,10,13,19,25H,7-9,11-12H2. The first-order chi connectivity index (χ1) is 13.3. The summed E-state index contributed by atoms with van der Waals surface area (Å²) in [5.41, 5.74) is 1.51. The molecule has 3 aromatic rings. The Morgan fingerprint density at radius 3 is 2.71 bits per heavy atom.